The van der Waals surface area contributed by atoms with E-state index in [0.717, 1.165) is 6.42 Å². The van der Waals surface area contributed by atoms with E-state index in [4.69, 9.17) is 0 Å². The van der Waals surface area contributed by atoms with E-state index in [0.29, 0.717) is 11.3 Å². The summed E-state index contributed by atoms with van der Waals surface area (Å²) in [6.07, 6.45) is 7.66. The molecule has 0 aromatic heterocycles. The van der Waals surface area contributed by atoms with Crippen LogP contribution >= 0.6 is 0 Å². The maximum atomic E-state index is 9.74. The molecule has 0 aromatic carbocycles. The molecule has 0 saturated heterocycles. The van der Waals surface area contributed by atoms with Crippen molar-refractivity contribution in [2.75, 3.05) is 0 Å². The molecule has 2 atom stereocenters. The molecule has 0 aromatic rings. The first-order valence-corrected chi connectivity index (χ1v) is 4.90. The summed E-state index contributed by atoms with van der Waals surface area (Å²) in [5.41, 5.74) is 0.542. The topological polar surface area (TPSA) is 20.2 Å². The molecule has 0 spiro atoms. The van der Waals surface area contributed by atoms with Gasteiger partial charge in [0.05, 0.1) is 6.10 Å². The molecule has 0 radical (unpaired) electrons. The monoisotopic (exact) mass is 154 g/mol. The van der Waals surface area contributed by atoms with Gasteiger partial charge in [0.2, 0.25) is 0 Å². The van der Waals surface area contributed by atoms with Crippen LogP contribution in [0.2, 0.25) is 0 Å². The van der Waals surface area contributed by atoms with Crippen molar-refractivity contribution in [3.05, 3.63) is 0 Å². The Labute approximate surface area is 68.8 Å². The van der Waals surface area contributed by atoms with E-state index in [9.17, 15) is 5.11 Å². The second kappa shape index (κ2) is 2.48. The highest BCUT2D eigenvalue weighted by atomic mass is 16.3. The molecule has 2 fully saturated rings. The van der Waals surface area contributed by atoms with Crippen molar-refractivity contribution in [3.63, 3.8) is 0 Å². The highest BCUT2D eigenvalue weighted by molar-refractivity contribution is 4.98. The van der Waals surface area contributed by atoms with Gasteiger partial charge in [-0.05, 0) is 37.0 Å². The van der Waals surface area contributed by atoms with Crippen molar-refractivity contribution >= 4 is 0 Å². The van der Waals surface area contributed by atoms with Gasteiger partial charge in [-0.2, -0.15) is 0 Å². The molecule has 11 heavy (non-hydrogen) atoms. The van der Waals surface area contributed by atoms with E-state index < -0.39 is 0 Å². The number of aliphatic hydroxyl groups is 1. The van der Waals surface area contributed by atoms with Crippen molar-refractivity contribution in [2.24, 2.45) is 11.3 Å². The van der Waals surface area contributed by atoms with Crippen LogP contribution in [0, 0.1) is 11.3 Å². The van der Waals surface area contributed by atoms with Gasteiger partial charge in [0.25, 0.3) is 0 Å². The van der Waals surface area contributed by atoms with Crippen molar-refractivity contribution in [1.82, 2.24) is 0 Å². The molecule has 2 aliphatic carbocycles. The molecule has 0 bridgehead atoms. The van der Waals surface area contributed by atoms with Crippen LogP contribution in [0.4, 0.5) is 0 Å². The fourth-order valence-corrected chi connectivity index (χ4v) is 2.49. The molecule has 2 rings (SSSR count). The minimum absolute atomic E-state index is 0.0243. The largest absolute Gasteiger partial charge is 0.393 e. The SMILES string of the molecule is CC1(C2CCCCC2O)CC1. The maximum Gasteiger partial charge on any atom is 0.0573 e. The molecular formula is C10H18O. The van der Waals surface area contributed by atoms with E-state index in [1.807, 2.05) is 0 Å². The van der Waals surface area contributed by atoms with Gasteiger partial charge in [0.15, 0.2) is 0 Å². The molecular weight excluding hydrogens is 136 g/mol. The number of aliphatic hydroxyl groups excluding tert-OH is 1. The minimum atomic E-state index is 0.0243. The molecule has 2 aliphatic rings. The molecule has 0 amide bonds. The summed E-state index contributed by atoms with van der Waals surface area (Å²) in [5.74, 6) is 0.635. The van der Waals surface area contributed by atoms with E-state index in [-0.39, 0.29) is 6.10 Å². The summed E-state index contributed by atoms with van der Waals surface area (Å²) < 4.78 is 0. The van der Waals surface area contributed by atoms with Crippen LogP contribution in [0.5, 0.6) is 0 Å². The van der Waals surface area contributed by atoms with E-state index in [1.54, 1.807) is 0 Å². The van der Waals surface area contributed by atoms with Gasteiger partial charge in [-0.15, -0.1) is 0 Å². The van der Waals surface area contributed by atoms with Crippen LogP contribution in [-0.2, 0) is 0 Å². The van der Waals surface area contributed by atoms with Crippen LogP contribution in [0.3, 0.4) is 0 Å². The minimum Gasteiger partial charge on any atom is -0.393 e. The fraction of sp³-hybridized carbons (Fsp3) is 1.00. The molecule has 0 aliphatic heterocycles. The highest BCUT2D eigenvalue weighted by Gasteiger charge is 2.47. The standard InChI is InChI=1S/C10H18O/c1-10(6-7-10)8-4-2-3-5-9(8)11/h8-9,11H,2-7H2,1H3. The molecule has 1 nitrogen and oxygen atoms in total. The van der Waals surface area contributed by atoms with Gasteiger partial charge in [0.1, 0.15) is 0 Å². The van der Waals surface area contributed by atoms with Gasteiger partial charge in [0, 0.05) is 0 Å². The first kappa shape index (κ1) is 7.60. The quantitative estimate of drug-likeness (QED) is 0.614. The smallest absolute Gasteiger partial charge is 0.0573 e. The van der Waals surface area contributed by atoms with Crippen LogP contribution in [0.15, 0.2) is 0 Å². The Morgan fingerprint density at radius 3 is 2.36 bits per heavy atom. The Bertz CT molecular complexity index is 149. The third-order valence-electron chi connectivity index (χ3n) is 3.66. The first-order valence-electron chi connectivity index (χ1n) is 4.90. The zero-order chi connectivity index (χ0) is 7.90. The highest BCUT2D eigenvalue weighted by Crippen LogP contribution is 2.55. The lowest BCUT2D eigenvalue weighted by Crippen LogP contribution is -2.30. The maximum absolute atomic E-state index is 9.74. The Morgan fingerprint density at radius 2 is 1.82 bits per heavy atom. The van der Waals surface area contributed by atoms with Gasteiger partial charge in [-0.1, -0.05) is 19.8 Å². The van der Waals surface area contributed by atoms with E-state index in [2.05, 4.69) is 6.92 Å². The van der Waals surface area contributed by atoms with Crippen molar-refractivity contribution in [1.29, 1.82) is 0 Å². The van der Waals surface area contributed by atoms with E-state index >= 15 is 0 Å². The van der Waals surface area contributed by atoms with Crippen LogP contribution in [0.25, 0.3) is 0 Å². The predicted molar refractivity (Wildman–Crippen MR) is 45.3 cm³/mol. The zero-order valence-corrected chi connectivity index (χ0v) is 7.34. The molecule has 0 heterocycles. The van der Waals surface area contributed by atoms with Gasteiger partial charge >= 0.3 is 0 Å². The molecule has 1 N–H and O–H groups in total. The van der Waals surface area contributed by atoms with Crippen molar-refractivity contribution < 1.29 is 5.11 Å². The Morgan fingerprint density at radius 1 is 1.18 bits per heavy atom. The summed E-state index contributed by atoms with van der Waals surface area (Å²) in [7, 11) is 0. The van der Waals surface area contributed by atoms with Crippen LogP contribution in [0.1, 0.15) is 45.4 Å². The lowest BCUT2D eigenvalue weighted by Gasteiger charge is -2.32. The van der Waals surface area contributed by atoms with Gasteiger partial charge in [-0.25, -0.2) is 0 Å². The predicted octanol–water partition coefficient (Wildman–Crippen LogP) is 2.34. The average Bonchev–Trinajstić information content (AvgIpc) is 2.70. The molecule has 1 heteroatoms. The van der Waals surface area contributed by atoms with Crippen LogP contribution < -0.4 is 0 Å². The van der Waals surface area contributed by atoms with E-state index in [1.165, 1.54) is 32.1 Å². The Kier molecular flexibility index (Phi) is 1.71. The number of rotatable bonds is 1. The Hall–Kier alpha value is -0.0400. The first-order chi connectivity index (χ1) is 5.22. The fourth-order valence-electron chi connectivity index (χ4n) is 2.49. The average molecular weight is 154 g/mol. The Balaban J connectivity index is 1.99. The van der Waals surface area contributed by atoms with Crippen LogP contribution in [-0.4, -0.2) is 11.2 Å². The lowest BCUT2D eigenvalue weighted by molar-refractivity contribution is 0.0333. The number of hydrogen-bond acceptors (Lipinski definition) is 1. The summed E-state index contributed by atoms with van der Waals surface area (Å²) in [5, 5.41) is 9.74. The third kappa shape index (κ3) is 1.31. The van der Waals surface area contributed by atoms with Crippen molar-refractivity contribution in [2.45, 2.75) is 51.6 Å². The third-order valence-corrected chi connectivity index (χ3v) is 3.66. The molecule has 2 unspecified atom stereocenters. The lowest BCUT2D eigenvalue weighted by atomic mass is 9.77. The zero-order valence-electron chi connectivity index (χ0n) is 7.34. The molecule has 64 valence electrons. The second-order valence-electron chi connectivity index (χ2n) is 4.61. The number of hydrogen-bond donors (Lipinski definition) is 1. The molecule has 2 saturated carbocycles. The van der Waals surface area contributed by atoms with Gasteiger partial charge < -0.3 is 5.11 Å². The summed E-state index contributed by atoms with van der Waals surface area (Å²) >= 11 is 0. The van der Waals surface area contributed by atoms with Crippen molar-refractivity contribution in [3.8, 4) is 0 Å². The summed E-state index contributed by atoms with van der Waals surface area (Å²) in [6, 6.07) is 0. The normalized spacial score (nSPS) is 42.0. The second-order valence-corrected chi connectivity index (χ2v) is 4.61. The summed E-state index contributed by atoms with van der Waals surface area (Å²) in [6.45, 7) is 2.34. The summed E-state index contributed by atoms with van der Waals surface area (Å²) in [4.78, 5) is 0. The van der Waals surface area contributed by atoms with Gasteiger partial charge in [-0.3, -0.25) is 0 Å².